The monoisotopic (exact) mass is 401 g/mol. The van der Waals surface area contributed by atoms with Crippen molar-refractivity contribution in [2.75, 3.05) is 0 Å². The van der Waals surface area contributed by atoms with Crippen LogP contribution in [0.4, 0.5) is 5.69 Å². The van der Waals surface area contributed by atoms with Gasteiger partial charge < -0.3 is 4.57 Å². The maximum absolute atomic E-state index is 12.8. The molecule has 4 rings (SSSR count). The molecule has 3 aromatic rings. The molecular formula is C23H19N3O4. The van der Waals surface area contributed by atoms with E-state index in [-0.39, 0.29) is 11.3 Å². The third-order valence-electron chi connectivity index (χ3n) is 5.38. The van der Waals surface area contributed by atoms with Gasteiger partial charge in [-0.25, -0.2) is 0 Å². The van der Waals surface area contributed by atoms with Crippen LogP contribution in [0.2, 0.25) is 0 Å². The summed E-state index contributed by atoms with van der Waals surface area (Å²) in [4.78, 5) is 36.3. The summed E-state index contributed by atoms with van der Waals surface area (Å²) in [5.74, 6) is -0.931. The molecule has 1 aliphatic rings. The van der Waals surface area contributed by atoms with E-state index < -0.39 is 16.7 Å². The molecule has 30 heavy (non-hydrogen) atoms. The van der Waals surface area contributed by atoms with Gasteiger partial charge in [-0.1, -0.05) is 30.3 Å². The molecule has 2 aromatic carbocycles. The fraction of sp³-hybridized carbons (Fsp3) is 0.130. The Morgan fingerprint density at radius 3 is 2.53 bits per heavy atom. The van der Waals surface area contributed by atoms with Crippen LogP contribution >= 0.6 is 0 Å². The molecule has 0 saturated carbocycles. The van der Waals surface area contributed by atoms with Gasteiger partial charge in [0.05, 0.1) is 21.6 Å². The highest BCUT2D eigenvalue weighted by atomic mass is 16.6. The number of carbonyl (C=O) groups excluding carboxylic acids is 2. The molecule has 2 heterocycles. The zero-order chi connectivity index (χ0) is 21.6. The molecule has 7 nitrogen and oxygen atoms in total. The van der Waals surface area contributed by atoms with Crippen molar-refractivity contribution in [2.24, 2.45) is 7.05 Å². The van der Waals surface area contributed by atoms with Crippen LogP contribution in [-0.4, -0.2) is 21.3 Å². The highest BCUT2D eigenvalue weighted by Gasteiger charge is 2.35. The Bertz CT molecular complexity index is 1310. The number of allylic oxidation sites excluding steroid dienone is 1. The molecule has 1 N–H and O–H groups in total. The number of amides is 2. The lowest BCUT2D eigenvalue weighted by Gasteiger charge is -2.12. The van der Waals surface area contributed by atoms with Gasteiger partial charge in [0.1, 0.15) is 0 Å². The zero-order valence-electron chi connectivity index (χ0n) is 16.7. The van der Waals surface area contributed by atoms with E-state index in [1.165, 1.54) is 12.1 Å². The second-order valence-electron chi connectivity index (χ2n) is 7.16. The average molecular weight is 401 g/mol. The number of aromatic nitrogens is 1. The van der Waals surface area contributed by atoms with Gasteiger partial charge in [0.25, 0.3) is 17.5 Å². The van der Waals surface area contributed by atoms with Crippen LogP contribution in [-0.2, 0) is 16.6 Å². The van der Waals surface area contributed by atoms with Crippen molar-refractivity contribution in [1.82, 2.24) is 9.88 Å². The lowest BCUT2D eigenvalue weighted by molar-refractivity contribution is -0.384. The molecule has 2 amide bonds. The molecule has 1 aromatic heterocycles. The van der Waals surface area contributed by atoms with Gasteiger partial charge in [-0.3, -0.25) is 25.0 Å². The van der Waals surface area contributed by atoms with Gasteiger partial charge in [0, 0.05) is 36.3 Å². The van der Waals surface area contributed by atoms with Crippen molar-refractivity contribution in [1.29, 1.82) is 0 Å². The highest BCUT2D eigenvalue weighted by molar-refractivity contribution is 6.41. The summed E-state index contributed by atoms with van der Waals surface area (Å²) in [5, 5.41) is 14.2. The Morgan fingerprint density at radius 2 is 1.87 bits per heavy atom. The van der Waals surface area contributed by atoms with E-state index in [4.69, 9.17) is 0 Å². The highest BCUT2D eigenvalue weighted by Crippen LogP contribution is 2.38. The number of hydrogen-bond donors (Lipinski definition) is 1. The second kappa shape index (κ2) is 7.11. The fourth-order valence-corrected chi connectivity index (χ4v) is 3.96. The van der Waals surface area contributed by atoms with Gasteiger partial charge in [-0.15, -0.1) is 0 Å². The Kier molecular flexibility index (Phi) is 4.58. The molecule has 7 heteroatoms. The first kappa shape index (κ1) is 19.3. The molecule has 0 aliphatic carbocycles. The number of nitrogens with one attached hydrogen (secondary N) is 1. The number of nitrogens with zero attached hydrogens (tertiary/aromatic N) is 2. The van der Waals surface area contributed by atoms with Gasteiger partial charge >= 0.3 is 0 Å². The minimum atomic E-state index is -0.478. The first-order valence-electron chi connectivity index (χ1n) is 9.40. The summed E-state index contributed by atoms with van der Waals surface area (Å²) in [5.41, 5.74) is 4.24. The quantitative estimate of drug-likeness (QED) is 0.407. The molecule has 0 radical (unpaired) electrons. The topological polar surface area (TPSA) is 94.2 Å². The third kappa shape index (κ3) is 2.91. The Balaban J connectivity index is 2.01. The fourth-order valence-electron chi connectivity index (χ4n) is 3.96. The molecule has 150 valence electrons. The maximum atomic E-state index is 12.8. The van der Waals surface area contributed by atoms with Gasteiger partial charge in [-0.2, -0.15) is 0 Å². The van der Waals surface area contributed by atoms with E-state index in [1.54, 1.807) is 23.9 Å². The minimum Gasteiger partial charge on any atom is -0.350 e. The van der Waals surface area contributed by atoms with E-state index in [1.807, 2.05) is 44.2 Å². The second-order valence-corrected chi connectivity index (χ2v) is 7.16. The smallest absolute Gasteiger partial charge is 0.271 e. The SMILES string of the molecule is C/C=C(/C1=C(c2cn(C)c3cc([N+](=O)[O-])ccc23)C(=O)NC1=O)c1ccccc1C. The molecule has 0 unspecified atom stereocenters. The molecule has 0 bridgehead atoms. The van der Waals surface area contributed by atoms with Crippen LogP contribution in [0.1, 0.15) is 23.6 Å². The van der Waals surface area contributed by atoms with Crippen LogP contribution in [0, 0.1) is 17.0 Å². The van der Waals surface area contributed by atoms with Crippen molar-refractivity contribution >= 4 is 39.6 Å². The number of nitro benzene ring substituents is 1. The molecule has 0 fully saturated rings. The van der Waals surface area contributed by atoms with Crippen molar-refractivity contribution in [3.05, 3.63) is 87.1 Å². The number of benzene rings is 2. The molecule has 0 spiro atoms. The number of aryl methyl sites for hydroxylation is 2. The number of imide groups is 1. The maximum Gasteiger partial charge on any atom is 0.271 e. The average Bonchev–Trinajstić information content (AvgIpc) is 3.19. The number of non-ortho nitro benzene ring substituents is 1. The Labute approximate surface area is 172 Å². The van der Waals surface area contributed by atoms with Crippen molar-refractivity contribution in [2.45, 2.75) is 13.8 Å². The molecule has 0 atom stereocenters. The zero-order valence-corrected chi connectivity index (χ0v) is 16.7. The van der Waals surface area contributed by atoms with Crippen molar-refractivity contribution in [3.63, 3.8) is 0 Å². The number of nitro groups is 1. The summed E-state index contributed by atoms with van der Waals surface area (Å²) in [6.45, 7) is 3.78. The first-order valence-corrected chi connectivity index (χ1v) is 9.40. The van der Waals surface area contributed by atoms with Gasteiger partial charge in [-0.05, 0) is 36.6 Å². The van der Waals surface area contributed by atoms with Gasteiger partial charge in [0.2, 0.25) is 0 Å². The molecule has 1 aliphatic heterocycles. The summed E-state index contributed by atoms with van der Waals surface area (Å²) < 4.78 is 1.72. The lowest BCUT2D eigenvalue weighted by atomic mass is 9.89. The Morgan fingerprint density at radius 1 is 1.13 bits per heavy atom. The van der Waals surface area contributed by atoms with E-state index in [2.05, 4.69) is 5.32 Å². The van der Waals surface area contributed by atoms with Gasteiger partial charge in [0.15, 0.2) is 0 Å². The van der Waals surface area contributed by atoms with Crippen LogP contribution in [0.15, 0.2) is 60.3 Å². The number of rotatable bonds is 4. The van der Waals surface area contributed by atoms with Crippen LogP contribution in [0.25, 0.3) is 22.0 Å². The third-order valence-corrected chi connectivity index (χ3v) is 5.38. The predicted octanol–water partition coefficient (Wildman–Crippen LogP) is 3.91. The summed E-state index contributed by atoms with van der Waals surface area (Å²) in [6.07, 6.45) is 3.55. The lowest BCUT2D eigenvalue weighted by Crippen LogP contribution is -2.23. The number of hydrogen-bond acceptors (Lipinski definition) is 4. The normalized spacial score (nSPS) is 14.6. The largest absolute Gasteiger partial charge is 0.350 e. The Hall–Kier alpha value is -4.00. The summed E-state index contributed by atoms with van der Waals surface area (Å²) in [7, 11) is 1.75. The number of fused-ring (bicyclic) bond motifs is 1. The van der Waals surface area contributed by atoms with Crippen molar-refractivity contribution < 1.29 is 14.5 Å². The van der Waals surface area contributed by atoms with E-state index in [0.29, 0.717) is 27.6 Å². The summed E-state index contributed by atoms with van der Waals surface area (Å²) >= 11 is 0. The van der Waals surface area contributed by atoms with Crippen molar-refractivity contribution in [3.8, 4) is 0 Å². The van der Waals surface area contributed by atoms with Crippen LogP contribution in [0.5, 0.6) is 0 Å². The van der Waals surface area contributed by atoms with Crippen LogP contribution < -0.4 is 5.32 Å². The first-order chi connectivity index (χ1) is 14.3. The van der Waals surface area contributed by atoms with E-state index in [0.717, 1.165) is 11.1 Å². The standard InChI is InChI=1S/C23H19N3O4/c1-4-15(16-8-6-5-7-13(16)2)20-21(23(28)24-22(20)27)18-12-25(3)19-11-14(26(29)30)9-10-17(18)19/h4-12H,1-3H3,(H,24,27,28)/b15-4+. The predicted molar refractivity (Wildman–Crippen MR) is 114 cm³/mol. The number of carbonyl (C=O) groups is 2. The van der Waals surface area contributed by atoms with E-state index in [9.17, 15) is 19.7 Å². The summed E-state index contributed by atoms with van der Waals surface area (Å²) in [6, 6.07) is 12.1. The minimum absolute atomic E-state index is 0.0366. The van der Waals surface area contributed by atoms with Crippen LogP contribution in [0.3, 0.4) is 0 Å². The molecule has 0 saturated heterocycles. The molecular weight excluding hydrogens is 382 g/mol. The van der Waals surface area contributed by atoms with E-state index >= 15 is 0 Å².